The highest BCUT2D eigenvalue weighted by molar-refractivity contribution is 7.19. The van der Waals surface area contributed by atoms with Crippen molar-refractivity contribution in [3.8, 4) is 16.5 Å². The molecular weight excluding hydrogens is 478 g/mol. The highest BCUT2D eigenvalue weighted by Crippen LogP contribution is 2.36. The van der Waals surface area contributed by atoms with Crippen molar-refractivity contribution < 1.29 is 19.2 Å². The molecule has 0 aromatic carbocycles. The Labute approximate surface area is 205 Å². The molecule has 0 saturated heterocycles. The lowest BCUT2D eigenvalue weighted by molar-refractivity contribution is -0.143. The van der Waals surface area contributed by atoms with Crippen LogP contribution in [0.3, 0.4) is 0 Å². The van der Waals surface area contributed by atoms with Crippen LogP contribution in [0.1, 0.15) is 55.7 Å². The number of aryl methyl sites for hydroxylation is 1. The van der Waals surface area contributed by atoms with E-state index < -0.39 is 5.97 Å². The first-order chi connectivity index (χ1) is 16.4. The number of nitrogens with one attached hydrogen (secondary N) is 1. The summed E-state index contributed by atoms with van der Waals surface area (Å²) in [7, 11) is 0. The molecule has 0 bridgehead atoms. The molecule has 0 radical (unpaired) electrons. The average Bonchev–Trinajstić information content (AvgIpc) is 3.38. The van der Waals surface area contributed by atoms with E-state index >= 15 is 0 Å². The maximum absolute atomic E-state index is 11.3. The quantitative estimate of drug-likeness (QED) is 0.408. The number of ether oxygens (including phenoxy) is 1. The zero-order chi connectivity index (χ0) is 23.7. The van der Waals surface area contributed by atoms with Crippen molar-refractivity contribution >= 4 is 34.9 Å². The molecule has 2 aliphatic carbocycles. The fourth-order valence-electron chi connectivity index (χ4n) is 4.21. The molecule has 11 heteroatoms. The largest absolute Gasteiger partial charge is 0.487 e. The number of thiophene rings is 1. The second kappa shape index (κ2) is 9.87. The first-order valence-electron chi connectivity index (χ1n) is 11.5. The molecule has 2 atom stereocenters. The number of aliphatic carboxylic acids is 1. The fourth-order valence-corrected chi connectivity index (χ4v) is 5.42. The van der Waals surface area contributed by atoms with Gasteiger partial charge in [0.25, 0.3) is 5.95 Å². The summed E-state index contributed by atoms with van der Waals surface area (Å²) in [5, 5.41) is 16.5. The third kappa shape index (κ3) is 5.50. The van der Waals surface area contributed by atoms with Crippen LogP contribution in [0.15, 0.2) is 16.8 Å². The third-order valence-electron chi connectivity index (χ3n) is 6.25. The Balaban J connectivity index is 1.26. The Hall–Kier alpha value is -2.72. The van der Waals surface area contributed by atoms with Crippen molar-refractivity contribution in [2.24, 2.45) is 11.8 Å². The number of rotatable bonds is 9. The SMILES string of the molecule is Cc1nc(-c2sc(Cl)cc2CNc2noc(CC3CC3)n2)ncc1O[C@H]1CCC[C@H](C(=O)O)C1. The Kier molecular flexibility index (Phi) is 6.69. The van der Waals surface area contributed by atoms with Crippen LogP contribution in [-0.2, 0) is 17.8 Å². The van der Waals surface area contributed by atoms with E-state index in [-0.39, 0.29) is 12.0 Å². The topological polar surface area (TPSA) is 123 Å². The van der Waals surface area contributed by atoms with Crippen LogP contribution in [-0.4, -0.2) is 37.3 Å². The zero-order valence-corrected chi connectivity index (χ0v) is 20.4. The number of aromatic nitrogens is 4. The number of carboxylic acids is 1. The number of halogens is 1. The van der Waals surface area contributed by atoms with Crippen molar-refractivity contribution in [2.75, 3.05) is 5.32 Å². The van der Waals surface area contributed by atoms with Crippen LogP contribution in [0.2, 0.25) is 4.34 Å². The normalized spacial score (nSPS) is 20.3. The van der Waals surface area contributed by atoms with E-state index in [0.717, 1.165) is 29.7 Å². The Morgan fingerprint density at radius 1 is 1.32 bits per heavy atom. The van der Waals surface area contributed by atoms with Gasteiger partial charge in [0.1, 0.15) is 0 Å². The molecule has 0 spiro atoms. The Morgan fingerprint density at radius 2 is 2.18 bits per heavy atom. The average molecular weight is 504 g/mol. The molecule has 2 aliphatic rings. The first kappa shape index (κ1) is 23.0. The second-order valence-electron chi connectivity index (χ2n) is 9.00. The molecular formula is C23H26ClN5O4S. The maximum atomic E-state index is 11.3. The van der Waals surface area contributed by atoms with Gasteiger partial charge in [0.15, 0.2) is 11.6 Å². The van der Waals surface area contributed by atoms with Gasteiger partial charge < -0.3 is 19.7 Å². The highest BCUT2D eigenvalue weighted by Gasteiger charge is 2.29. The molecule has 2 N–H and O–H groups in total. The Morgan fingerprint density at radius 3 is 2.94 bits per heavy atom. The predicted octanol–water partition coefficient (Wildman–Crippen LogP) is 5.14. The van der Waals surface area contributed by atoms with Gasteiger partial charge in [-0.05, 0) is 68.2 Å². The molecule has 0 amide bonds. The van der Waals surface area contributed by atoms with Gasteiger partial charge >= 0.3 is 5.97 Å². The van der Waals surface area contributed by atoms with Crippen LogP contribution in [0.25, 0.3) is 10.7 Å². The summed E-state index contributed by atoms with van der Waals surface area (Å²) in [4.78, 5) is 25.8. The molecule has 0 unspecified atom stereocenters. The molecule has 0 aliphatic heterocycles. The lowest BCUT2D eigenvalue weighted by Gasteiger charge is -2.27. The summed E-state index contributed by atoms with van der Waals surface area (Å²) in [6.07, 6.45) is 7.70. The molecule has 3 heterocycles. The van der Waals surface area contributed by atoms with E-state index in [9.17, 15) is 9.90 Å². The molecule has 34 heavy (non-hydrogen) atoms. The van der Waals surface area contributed by atoms with Gasteiger partial charge in [-0.15, -0.1) is 11.3 Å². The van der Waals surface area contributed by atoms with Crippen molar-refractivity contribution in [3.63, 3.8) is 0 Å². The van der Waals surface area contributed by atoms with Gasteiger partial charge in [0, 0.05) is 13.0 Å². The zero-order valence-electron chi connectivity index (χ0n) is 18.8. The van der Waals surface area contributed by atoms with Crippen LogP contribution < -0.4 is 10.1 Å². The van der Waals surface area contributed by atoms with Gasteiger partial charge in [-0.3, -0.25) is 4.79 Å². The minimum Gasteiger partial charge on any atom is -0.487 e. The standard InChI is InChI=1S/C23H26ClN5O4S/c1-12-17(32-16-4-2-3-14(8-16)22(30)31)11-25-21(27-12)20-15(9-18(24)34-20)10-26-23-28-19(33-29-23)7-13-5-6-13/h9,11,13-14,16H,2-8,10H2,1H3,(H,26,29)(H,30,31)/t14-,16-/m0/s1. The summed E-state index contributed by atoms with van der Waals surface area (Å²) in [6, 6.07) is 1.89. The Bertz CT molecular complexity index is 1180. The molecule has 9 nitrogen and oxygen atoms in total. The van der Waals surface area contributed by atoms with Crippen LogP contribution in [0.5, 0.6) is 5.75 Å². The first-order valence-corrected chi connectivity index (χ1v) is 12.7. The number of hydrogen-bond acceptors (Lipinski definition) is 9. The summed E-state index contributed by atoms with van der Waals surface area (Å²) in [6.45, 7) is 2.33. The van der Waals surface area contributed by atoms with Crippen molar-refractivity contribution in [3.05, 3.63) is 33.7 Å². The van der Waals surface area contributed by atoms with Gasteiger partial charge in [-0.25, -0.2) is 9.97 Å². The van der Waals surface area contributed by atoms with E-state index in [0.29, 0.717) is 58.7 Å². The van der Waals surface area contributed by atoms with Crippen LogP contribution in [0.4, 0.5) is 5.95 Å². The van der Waals surface area contributed by atoms with Gasteiger partial charge in [-0.2, -0.15) is 4.98 Å². The van der Waals surface area contributed by atoms with Gasteiger partial charge in [0.05, 0.1) is 33.1 Å². The molecule has 2 saturated carbocycles. The lowest BCUT2D eigenvalue weighted by Crippen LogP contribution is -2.29. The summed E-state index contributed by atoms with van der Waals surface area (Å²) >= 11 is 7.73. The van der Waals surface area contributed by atoms with Crippen molar-refractivity contribution in [2.45, 2.75) is 64.5 Å². The van der Waals surface area contributed by atoms with Crippen LogP contribution >= 0.6 is 22.9 Å². The third-order valence-corrected chi connectivity index (χ3v) is 7.55. The van der Waals surface area contributed by atoms with E-state index in [1.165, 1.54) is 24.2 Å². The van der Waals surface area contributed by atoms with Gasteiger partial charge in [0.2, 0.25) is 5.89 Å². The highest BCUT2D eigenvalue weighted by atomic mass is 35.5. The number of nitrogens with zero attached hydrogens (tertiary/aromatic N) is 4. The van der Waals surface area contributed by atoms with Crippen LogP contribution in [0, 0.1) is 18.8 Å². The van der Waals surface area contributed by atoms with Crippen molar-refractivity contribution in [1.29, 1.82) is 0 Å². The molecule has 180 valence electrons. The number of hydrogen-bond donors (Lipinski definition) is 2. The summed E-state index contributed by atoms with van der Waals surface area (Å²) in [5.41, 5.74) is 1.64. The predicted molar refractivity (Wildman–Crippen MR) is 127 cm³/mol. The summed E-state index contributed by atoms with van der Waals surface area (Å²) in [5.74, 6) is 1.83. The smallest absolute Gasteiger partial charge is 0.306 e. The number of carboxylic acid groups (broad SMARTS) is 1. The van der Waals surface area contributed by atoms with Crippen molar-refractivity contribution in [1.82, 2.24) is 20.1 Å². The fraction of sp³-hybridized carbons (Fsp3) is 0.522. The molecule has 3 aromatic rings. The maximum Gasteiger partial charge on any atom is 0.306 e. The number of carbonyl (C=O) groups is 1. The van der Waals surface area contributed by atoms with E-state index in [1.807, 2.05) is 13.0 Å². The lowest BCUT2D eigenvalue weighted by atomic mass is 9.87. The van der Waals surface area contributed by atoms with Gasteiger partial charge in [-0.1, -0.05) is 11.6 Å². The second-order valence-corrected chi connectivity index (χ2v) is 10.7. The monoisotopic (exact) mass is 503 g/mol. The van der Waals surface area contributed by atoms with E-state index in [4.69, 9.17) is 20.9 Å². The molecule has 3 aromatic heterocycles. The number of anilines is 1. The molecule has 5 rings (SSSR count). The van der Waals surface area contributed by atoms with E-state index in [2.05, 4.69) is 25.4 Å². The molecule has 2 fully saturated rings. The minimum absolute atomic E-state index is 0.140. The van der Waals surface area contributed by atoms with E-state index in [1.54, 1.807) is 6.20 Å². The summed E-state index contributed by atoms with van der Waals surface area (Å²) < 4.78 is 12.0. The minimum atomic E-state index is -0.757.